The van der Waals surface area contributed by atoms with E-state index in [0.29, 0.717) is 0 Å². The van der Waals surface area contributed by atoms with E-state index in [9.17, 15) is 61.3 Å². The molecule has 0 aliphatic carbocycles. The van der Waals surface area contributed by atoms with Crippen LogP contribution in [0.2, 0.25) is 0 Å². The molecule has 0 aliphatic rings. The quantitative estimate of drug-likeness (QED) is 0.0281. The third-order valence-corrected chi connectivity index (χ3v) is 18.7. The van der Waals surface area contributed by atoms with Crippen LogP contribution in [-0.4, -0.2) is 135 Å². The van der Waals surface area contributed by atoms with Crippen LogP contribution in [0.3, 0.4) is 0 Å². The van der Waals surface area contributed by atoms with Gasteiger partial charge in [-0.15, -0.1) is 0 Å². The van der Waals surface area contributed by atoms with E-state index in [0.717, 1.165) is 0 Å². The summed E-state index contributed by atoms with van der Waals surface area (Å²) in [6.07, 6.45) is 6.55. The van der Waals surface area contributed by atoms with Gasteiger partial charge in [0.25, 0.3) is 0 Å². The molecule has 0 aromatic heterocycles. The maximum absolute atomic E-state index is 12.8. The molecule has 0 heterocycles. The van der Waals surface area contributed by atoms with Crippen molar-refractivity contribution in [2.24, 2.45) is 39.9 Å². The Kier molecular flexibility index (Phi) is 44.0. The zero-order chi connectivity index (χ0) is 92.3. The molecule has 0 spiro atoms. The third kappa shape index (κ3) is 27.7. The molecule has 0 unspecified atom stereocenters. The molecule has 0 N–H and O–H groups in total. The minimum atomic E-state index is -1.02. The van der Waals surface area contributed by atoms with Gasteiger partial charge in [-0.05, 0) is 140 Å². The van der Waals surface area contributed by atoms with Crippen LogP contribution in [0.25, 0.3) is 0 Å². The number of aliphatic imine (C=N–C) groups is 8. The molecule has 0 saturated carbocycles. The minimum absolute atomic E-state index is 0. The van der Waals surface area contributed by atoms with Crippen molar-refractivity contribution in [3.8, 4) is 138 Å². The molecule has 684 valence electrons. The summed E-state index contributed by atoms with van der Waals surface area (Å²) in [5.74, 6) is -2.40. The van der Waals surface area contributed by atoms with Gasteiger partial charge in [-0.1, -0.05) is 215 Å². The fraction of sp³-hybridized carbons (Fsp3) is 0.167. The van der Waals surface area contributed by atoms with Crippen LogP contribution in [0.4, 0.5) is 0 Å². The zero-order valence-electron chi connectivity index (χ0n) is 72.5. The van der Waals surface area contributed by atoms with Crippen molar-refractivity contribution in [2.45, 2.75) is 24.7 Å². The SMILES string of the molecule is COc1cccc(/C=N/C(/N=C/c2cccc(OC)c2[O-])c2cccc(OC)c2[O-])c1[O-].COc1cccc(/C=N/C(/N=C/c2cccc(OC)c2[O-])c2cccc(OC)c2[O-])c1[O-].COc1cccc(/C=N/C(/N=C/c2cccc(OC)c2[O-])c2cccc(OC)c2[O-])c1[O-].COc1cccc(/C=N/C(/N=C/c2cccc(OC)c2[O-])c2cccc(OC)c2[O-])c1[O-].[Fe+3].[Fe+3].[Fe+3].[Fe+3]. The van der Waals surface area contributed by atoms with E-state index >= 15 is 0 Å². The summed E-state index contributed by atoms with van der Waals surface area (Å²) >= 11 is 0. The van der Waals surface area contributed by atoms with Crippen LogP contribution in [0.5, 0.6) is 138 Å². The van der Waals surface area contributed by atoms with Crippen molar-refractivity contribution in [2.75, 3.05) is 85.3 Å². The molecule has 0 amide bonds. The maximum atomic E-state index is 12.8. The fourth-order valence-corrected chi connectivity index (χ4v) is 12.0. The van der Waals surface area contributed by atoms with Crippen LogP contribution >= 0.6 is 0 Å². The minimum Gasteiger partial charge on any atom is -0.870 e. The Balaban J connectivity index is 0.000000308. The molecule has 0 bridgehead atoms. The second kappa shape index (κ2) is 53.9. The van der Waals surface area contributed by atoms with E-state index in [-0.39, 0.29) is 250 Å². The van der Waals surface area contributed by atoms with Crippen LogP contribution in [0.15, 0.2) is 258 Å². The van der Waals surface area contributed by atoms with E-state index in [2.05, 4.69) is 39.9 Å². The zero-order valence-corrected chi connectivity index (χ0v) is 76.9. The number of ether oxygens (including phenoxy) is 12. The third-order valence-electron chi connectivity index (χ3n) is 18.7. The van der Waals surface area contributed by atoms with Crippen LogP contribution in [0, 0.1) is 0 Å². The molecule has 12 aromatic carbocycles. The standard InChI is InChI=1S/4C24H24N2O6.4Fe/c4*1-30-18-10-4-7-15(21(18)27)13-25-24(17-9-6-12-20(32-3)23(17)29)26-14-16-8-5-11-19(31-2)22(16)28;;;;/h4*4-14,24,27-29H,1-3H3;;;;/q;;;;4*+3/p-12/b4*25-13+,26-14+;;;;. The van der Waals surface area contributed by atoms with E-state index < -0.39 is 47.7 Å². The number of methoxy groups -OCH3 is 12. The largest absolute Gasteiger partial charge is 3.00 e. The first-order valence-electron chi connectivity index (χ1n) is 38.3. The van der Waals surface area contributed by atoms with E-state index in [4.69, 9.17) is 56.8 Å². The monoisotopic (exact) mass is 1960 g/mol. The predicted octanol–water partition coefficient (Wildman–Crippen LogP) is 8.67. The summed E-state index contributed by atoms with van der Waals surface area (Å²) in [6.45, 7) is 0. The first-order chi connectivity index (χ1) is 62.0. The van der Waals surface area contributed by atoms with Crippen molar-refractivity contribution >= 4 is 49.7 Å². The number of benzene rings is 12. The van der Waals surface area contributed by atoms with Gasteiger partial charge in [0.2, 0.25) is 0 Å². The second-order valence-electron chi connectivity index (χ2n) is 26.3. The predicted molar refractivity (Wildman–Crippen MR) is 461 cm³/mol. The molecule has 12 aromatic rings. The van der Waals surface area contributed by atoms with Gasteiger partial charge in [0.05, 0.1) is 85.3 Å². The molecule has 4 radical (unpaired) electrons. The first-order valence-corrected chi connectivity index (χ1v) is 38.3. The molecular weight excluding hydrogens is 1870 g/mol. The molecule has 0 aliphatic heterocycles. The van der Waals surface area contributed by atoms with Gasteiger partial charge in [-0.3, -0.25) is 39.9 Å². The van der Waals surface area contributed by atoms with Gasteiger partial charge >= 0.3 is 68.3 Å². The molecule has 0 atom stereocenters. The molecule has 12 rings (SSSR count). The molecule has 0 fully saturated rings. The number of para-hydroxylation sites is 12. The van der Waals surface area contributed by atoms with Gasteiger partial charge in [-0.25, -0.2) is 0 Å². The van der Waals surface area contributed by atoms with Crippen LogP contribution < -0.4 is 118 Å². The van der Waals surface area contributed by atoms with Gasteiger partial charge in [0.15, 0.2) is 24.7 Å². The summed E-state index contributed by atoms with van der Waals surface area (Å²) in [4.78, 5) is 34.9. The summed E-state index contributed by atoms with van der Waals surface area (Å²) in [5.41, 5.74) is 3.05. The molecule has 0 saturated heterocycles. The van der Waals surface area contributed by atoms with Crippen molar-refractivity contribution in [3.63, 3.8) is 0 Å². The number of nitrogens with zero attached hydrogens (tertiary/aromatic N) is 8. The van der Waals surface area contributed by atoms with Gasteiger partial charge in [0.1, 0.15) is 69.0 Å². The molecule has 32 nitrogen and oxygen atoms in total. The van der Waals surface area contributed by atoms with Crippen LogP contribution in [-0.2, 0) is 68.3 Å². The number of hydrogen-bond donors (Lipinski definition) is 0. The Labute approximate surface area is 803 Å². The van der Waals surface area contributed by atoms with Crippen molar-refractivity contribution < 1.29 is 186 Å². The van der Waals surface area contributed by atoms with Gasteiger partial charge < -0.3 is 118 Å². The first kappa shape index (κ1) is 108. The normalized spacial score (nSPS) is 11.0. The number of rotatable bonds is 32. The van der Waals surface area contributed by atoms with Crippen LogP contribution in [0.1, 0.15) is 91.4 Å². The van der Waals surface area contributed by atoms with E-state index in [1.807, 2.05) is 0 Å². The Morgan fingerprint density at radius 1 is 0.159 bits per heavy atom. The number of hydrogen-bond acceptors (Lipinski definition) is 32. The van der Waals surface area contributed by atoms with Crippen molar-refractivity contribution in [1.82, 2.24) is 0 Å². The molecule has 36 heteroatoms. The van der Waals surface area contributed by atoms with Gasteiger partial charge in [-0.2, -0.15) is 0 Å². The summed E-state index contributed by atoms with van der Waals surface area (Å²) < 4.78 is 60.8. The topological polar surface area (TPSA) is 486 Å². The smallest absolute Gasteiger partial charge is 0.870 e. The second-order valence-corrected chi connectivity index (χ2v) is 26.3. The Morgan fingerprint density at radius 2 is 0.258 bits per heavy atom. The summed E-state index contributed by atoms with van der Waals surface area (Å²) in [6, 6.07) is 57.2. The van der Waals surface area contributed by atoms with Crippen molar-refractivity contribution in [3.05, 3.63) is 285 Å². The maximum Gasteiger partial charge on any atom is 3.00 e. The Bertz CT molecular complexity index is 5070. The van der Waals surface area contributed by atoms with Gasteiger partial charge in [0, 0.05) is 49.7 Å². The molecule has 132 heavy (non-hydrogen) atoms. The fourth-order valence-electron chi connectivity index (χ4n) is 12.0. The van der Waals surface area contributed by atoms with E-state index in [1.54, 1.807) is 194 Å². The molecular formula is C96H84Fe4N8O24. The summed E-state index contributed by atoms with van der Waals surface area (Å²) in [5, 5.41) is 150. The average molecular weight is 1960 g/mol. The average Bonchev–Trinajstić information content (AvgIpc) is 0.827. The van der Waals surface area contributed by atoms with E-state index in [1.165, 1.54) is 159 Å². The Hall–Kier alpha value is -14.7. The van der Waals surface area contributed by atoms with Crippen molar-refractivity contribution in [1.29, 1.82) is 0 Å². The summed E-state index contributed by atoms with van der Waals surface area (Å²) in [7, 11) is 16.8. The Morgan fingerprint density at radius 3 is 0.364 bits per heavy atom.